The number of thiophene rings is 1. The van der Waals surface area contributed by atoms with Gasteiger partial charge in [0.25, 0.3) is 0 Å². The first-order valence-electron chi connectivity index (χ1n) is 4.21. The fourth-order valence-electron chi connectivity index (χ4n) is 0.752. The lowest BCUT2D eigenvalue weighted by Crippen LogP contribution is -2.37. The Morgan fingerprint density at radius 3 is 2.79 bits per heavy atom. The summed E-state index contributed by atoms with van der Waals surface area (Å²) < 4.78 is 0.975. The Balaban J connectivity index is 2.66. The van der Waals surface area contributed by atoms with Crippen molar-refractivity contribution in [1.82, 2.24) is 0 Å². The van der Waals surface area contributed by atoms with Crippen LogP contribution in [0.4, 0.5) is 5.00 Å². The first kappa shape index (κ1) is 11.7. The lowest BCUT2D eigenvalue weighted by atomic mass is 9.93. The number of carbonyl (C=O) groups excluding carboxylic acids is 1. The normalized spacial score (nSPS) is 11.4. The monoisotopic (exact) mass is 276 g/mol. The maximum absolute atomic E-state index is 11.7. The predicted molar refractivity (Wildman–Crippen MR) is 63.5 cm³/mol. The minimum Gasteiger partial charge on any atom is -0.329 e. The average Bonchev–Trinajstić information content (AvgIpc) is 2.51. The van der Waals surface area contributed by atoms with E-state index in [1.807, 2.05) is 25.3 Å². The van der Waals surface area contributed by atoms with E-state index in [0.29, 0.717) is 6.54 Å². The third-order valence-electron chi connectivity index (χ3n) is 1.93. The lowest BCUT2D eigenvalue weighted by Gasteiger charge is -2.20. The van der Waals surface area contributed by atoms with Crippen LogP contribution in [0.5, 0.6) is 0 Å². The summed E-state index contributed by atoms with van der Waals surface area (Å²) >= 11 is 4.81. The molecule has 1 amide bonds. The van der Waals surface area contributed by atoms with Crippen molar-refractivity contribution in [3.05, 3.63) is 15.9 Å². The van der Waals surface area contributed by atoms with Crippen molar-refractivity contribution in [2.45, 2.75) is 13.8 Å². The van der Waals surface area contributed by atoms with Crippen molar-refractivity contribution in [3.63, 3.8) is 0 Å². The Labute approximate surface area is 95.8 Å². The lowest BCUT2D eigenvalue weighted by molar-refractivity contribution is -0.123. The SMILES string of the molecule is CC(C)(CN)C(=O)Nc1cc(Br)cs1. The topological polar surface area (TPSA) is 55.1 Å². The molecule has 5 heteroatoms. The van der Waals surface area contributed by atoms with Crippen LogP contribution < -0.4 is 11.1 Å². The average molecular weight is 277 g/mol. The van der Waals surface area contributed by atoms with Crippen LogP contribution in [0.2, 0.25) is 0 Å². The molecule has 3 nitrogen and oxygen atoms in total. The van der Waals surface area contributed by atoms with E-state index >= 15 is 0 Å². The maximum atomic E-state index is 11.7. The number of rotatable bonds is 3. The van der Waals surface area contributed by atoms with Crippen molar-refractivity contribution >= 4 is 38.2 Å². The molecular weight excluding hydrogens is 264 g/mol. The van der Waals surface area contributed by atoms with Crippen LogP contribution in [0.25, 0.3) is 0 Å². The van der Waals surface area contributed by atoms with E-state index in [1.54, 1.807) is 0 Å². The molecule has 0 unspecified atom stereocenters. The summed E-state index contributed by atoms with van der Waals surface area (Å²) in [7, 11) is 0. The maximum Gasteiger partial charge on any atom is 0.231 e. The zero-order valence-corrected chi connectivity index (χ0v) is 10.5. The van der Waals surface area contributed by atoms with Crippen molar-refractivity contribution in [2.75, 3.05) is 11.9 Å². The largest absolute Gasteiger partial charge is 0.329 e. The van der Waals surface area contributed by atoms with Crippen molar-refractivity contribution in [2.24, 2.45) is 11.1 Å². The van der Waals surface area contributed by atoms with Crippen LogP contribution in [0.3, 0.4) is 0 Å². The number of carbonyl (C=O) groups is 1. The van der Waals surface area contributed by atoms with Crippen LogP contribution in [-0.2, 0) is 4.79 Å². The quantitative estimate of drug-likeness (QED) is 0.891. The number of nitrogens with one attached hydrogen (secondary N) is 1. The minimum absolute atomic E-state index is 0.0469. The smallest absolute Gasteiger partial charge is 0.231 e. The van der Waals surface area contributed by atoms with Gasteiger partial charge in [0, 0.05) is 16.4 Å². The molecule has 0 aliphatic heterocycles. The van der Waals surface area contributed by atoms with E-state index in [-0.39, 0.29) is 5.91 Å². The second-order valence-electron chi connectivity index (χ2n) is 3.67. The van der Waals surface area contributed by atoms with Gasteiger partial charge < -0.3 is 11.1 Å². The van der Waals surface area contributed by atoms with E-state index in [1.165, 1.54) is 11.3 Å². The number of nitrogens with two attached hydrogens (primary N) is 1. The molecule has 0 saturated carbocycles. The molecule has 0 spiro atoms. The first-order chi connectivity index (χ1) is 6.45. The summed E-state index contributed by atoms with van der Waals surface area (Å²) in [5.74, 6) is -0.0469. The van der Waals surface area contributed by atoms with Gasteiger partial charge in [0.1, 0.15) is 0 Å². The molecule has 0 fully saturated rings. The number of amides is 1. The van der Waals surface area contributed by atoms with Gasteiger partial charge in [0.15, 0.2) is 0 Å². The Morgan fingerprint density at radius 2 is 2.36 bits per heavy atom. The van der Waals surface area contributed by atoms with Gasteiger partial charge in [-0.05, 0) is 35.8 Å². The van der Waals surface area contributed by atoms with Crippen molar-refractivity contribution in [3.8, 4) is 0 Å². The van der Waals surface area contributed by atoms with Gasteiger partial charge in [-0.1, -0.05) is 0 Å². The molecule has 0 aromatic carbocycles. The molecule has 3 N–H and O–H groups in total. The summed E-state index contributed by atoms with van der Waals surface area (Å²) in [4.78, 5) is 11.7. The van der Waals surface area contributed by atoms with Gasteiger partial charge in [-0.15, -0.1) is 11.3 Å². The van der Waals surface area contributed by atoms with Gasteiger partial charge in [0.05, 0.1) is 10.4 Å². The number of hydrogen-bond donors (Lipinski definition) is 2. The fraction of sp³-hybridized carbons (Fsp3) is 0.444. The Bertz CT molecular complexity index is 335. The predicted octanol–water partition coefficient (Wildman–Crippen LogP) is 2.43. The third kappa shape index (κ3) is 2.80. The zero-order valence-electron chi connectivity index (χ0n) is 8.13. The van der Waals surface area contributed by atoms with Crippen LogP contribution in [0.15, 0.2) is 15.9 Å². The minimum atomic E-state index is -0.517. The van der Waals surface area contributed by atoms with Crippen LogP contribution in [0.1, 0.15) is 13.8 Å². The molecule has 78 valence electrons. The molecule has 1 heterocycles. The summed E-state index contributed by atoms with van der Waals surface area (Å²) in [6, 6.07) is 1.87. The number of hydrogen-bond acceptors (Lipinski definition) is 3. The summed E-state index contributed by atoms with van der Waals surface area (Å²) in [5, 5.41) is 5.58. The fourth-order valence-corrected chi connectivity index (χ4v) is 2.07. The highest BCUT2D eigenvalue weighted by Crippen LogP contribution is 2.26. The van der Waals surface area contributed by atoms with Crippen molar-refractivity contribution in [1.29, 1.82) is 0 Å². The first-order valence-corrected chi connectivity index (χ1v) is 5.88. The number of halogens is 1. The Morgan fingerprint density at radius 1 is 1.71 bits per heavy atom. The van der Waals surface area contributed by atoms with Gasteiger partial charge in [-0.25, -0.2) is 0 Å². The van der Waals surface area contributed by atoms with Gasteiger partial charge in [-0.3, -0.25) is 4.79 Å². The summed E-state index contributed by atoms with van der Waals surface area (Å²) in [6.07, 6.45) is 0. The second-order valence-corrected chi connectivity index (χ2v) is 5.50. The van der Waals surface area contributed by atoms with Crippen LogP contribution >= 0.6 is 27.3 Å². The molecule has 1 aromatic heterocycles. The standard InChI is InChI=1S/C9H13BrN2OS/c1-9(2,5-11)8(13)12-7-3-6(10)4-14-7/h3-4H,5,11H2,1-2H3,(H,12,13). The highest BCUT2D eigenvalue weighted by Gasteiger charge is 2.25. The van der Waals surface area contributed by atoms with Gasteiger partial charge in [-0.2, -0.15) is 0 Å². The molecular formula is C9H13BrN2OS. The Hall–Kier alpha value is -0.390. The molecule has 0 saturated heterocycles. The van der Waals surface area contributed by atoms with E-state index in [4.69, 9.17) is 5.73 Å². The van der Waals surface area contributed by atoms with E-state index < -0.39 is 5.41 Å². The molecule has 0 radical (unpaired) electrons. The molecule has 0 bridgehead atoms. The highest BCUT2D eigenvalue weighted by atomic mass is 79.9. The zero-order chi connectivity index (χ0) is 10.8. The van der Waals surface area contributed by atoms with Gasteiger partial charge >= 0.3 is 0 Å². The highest BCUT2D eigenvalue weighted by molar-refractivity contribution is 9.10. The molecule has 1 rings (SSSR count). The molecule has 0 aliphatic carbocycles. The van der Waals surface area contributed by atoms with Crippen LogP contribution in [-0.4, -0.2) is 12.5 Å². The van der Waals surface area contributed by atoms with Crippen LogP contribution in [0, 0.1) is 5.41 Å². The number of anilines is 1. The van der Waals surface area contributed by atoms with Crippen molar-refractivity contribution < 1.29 is 4.79 Å². The second kappa shape index (κ2) is 4.42. The van der Waals surface area contributed by atoms with E-state index in [9.17, 15) is 4.79 Å². The van der Waals surface area contributed by atoms with Gasteiger partial charge in [0.2, 0.25) is 5.91 Å². The molecule has 14 heavy (non-hydrogen) atoms. The van der Waals surface area contributed by atoms with E-state index in [0.717, 1.165) is 9.47 Å². The third-order valence-corrected chi connectivity index (χ3v) is 3.54. The Kier molecular flexibility index (Phi) is 3.69. The summed E-state index contributed by atoms with van der Waals surface area (Å²) in [6.45, 7) is 3.99. The molecule has 0 aliphatic rings. The molecule has 1 aromatic rings. The van der Waals surface area contributed by atoms with E-state index in [2.05, 4.69) is 21.2 Å². The molecule has 0 atom stereocenters. The summed E-state index contributed by atoms with van der Waals surface area (Å²) in [5.41, 5.74) is 4.98.